The van der Waals surface area contributed by atoms with Gasteiger partial charge in [0.15, 0.2) is 5.78 Å². The van der Waals surface area contributed by atoms with Crippen LogP contribution in [0.2, 0.25) is 44.8 Å². The molecular weight excluding hydrogens is 308 g/mol. The van der Waals surface area contributed by atoms with Crippen LogP contribution in [0.3, 0.4) is 0 Å². The molecule has 1 aliphatic carbocycles. The van der Waals surface area contributed by atoms with E-state index in [0.717, 1.165) is 10.8 Å². The van der Waals surface area contributed by atoms with E-state index in [2.05, 4.69) is 45.9 Å². The minimum atomic E-state index is -1.77. The number of rotatable bonds is 7. The Morgan fingerprint density at radius 3 is 2.00 bits per heavy atom. The second-order valence-electron chi connectivity index (χ2n) is 8.38. The van der Waals surface area contributed by atoms with Gasteiger partial charge in [0.05, 0.1) is 29.4 Å². The summed E-state index contributed by atoms with van der Waals surface area (Å²) in [6, 6.07) is 0. The molecule has 0 fully saturated rings. The van der Waals surface area contributed by atoms with Gasteiger partial charge in [0.2, 0.25) is 0 Å². The molecule has 0 bridgehead atoms. The van der Waals surface area contributed by atoms with Crippen LogP contribution >= 0.6 is 0 Å². The van der Waals surface area contributed by atoms with Crippen molar-refractivity contribution in [3.8, 4) is 0 Å². The molecule has 0 saturated heterocycles. The van der Waals surface area contributed by atoms with Gasteiger partial charge >= 0.3 is 0 Å². The van der Waals surface area contributed by atoms with Gasteiger partial charge in [-0.2, -0.15) is 0 Å². The van der Waals surface area contributed by atoms with Gasteiger partial charge in [-0.1, -0.05) is 45.4 Å². The molecule has 0 aromatic rings. The molecule has 2 atom stereocenters. The second kappa shape index (κ2) is 6.55. The highest BCUT2D eigenvalue weighted by molar-refractivity contribution is 6.91. The first-order valence-corrected chi connectivity index (χ1v) is 14.9. The van der Waals surface area contributed by atoms with Crippen molar-refractivity contribution in [1.29, 1.82) is 0 Å². The van der Waals surface area contributed by atoms with E-state index in [1.165, 1.54) is 0 Å². The van der Waals surface area contributed by atoms with Crippen molar-refractivity contribution in [3.05, 3.63) is 23.4 Å². The van der Waals surface area contributed by atoms with Gasteiger partial charge in [-0.25, -0.2) is 0 Å². The third kappa shape index (κ3) is 3.23. The number of carbonyl (C=O) groups is 1. The van der Waals surface area contributed by atoms with Crippen LogP contribution in [-0.2, 0) is 14.3 Å². The first-order valence-electron chi connectivity index (χ1n) is 7.87. The van der Waals surface area contributed by atoms with Gasteiger partial charge in [-0.05, 0) is 10.8 Å². The summed E-state index contributed by atoms with van der Waals surface area (Å²) in [4.78, 5) is 13.4. The summed E-state index contributed by atoms with van der Waals surface area (Å²) >= 11 is 0. The Kier molecular flexibility index (Phi) is 5.82. The van der Waals surface area contributed by atoms with Crippen molar-refractivity contribution in [2.45, 2.75) is 44.8 Å². The van der Waals surface area contributed by atoms with Crippen LogP contribution < -0.4 is 0 Å². The molecule has 0 aromatic carbocycles. The van der Waals surface area contributed by atoms with Gasteiger partial charge in [0.1, 0.15) is 0 Å². The van der Waals surface area contributed by atoms with E-state index < -0.39 is 21.6 Å². The highest BCUT2D eigenvalue weighted by Crippen LogP contribution is 2.56. The number of ether oxygens (including phenoxy) is 2. The third-order valence-electron chi connectivity index (χ3n) is 4.54. The van der Waals surface area contributed by atoms with Crippen molar-refractivity contribution in [3.63, 3.8) is 0 Å². The van der Waals surface area contributed by atoms with Crippen LogP contribution in [0.1, 0.15) is 0 Å². The summed E-state index contributed by atoms with van der Waals surface area (Å²) < 4.78 is 11.0. The lowest BCUT2D eigenvalue weighted by Crippen LogP contribution is -2.44. The van der Waals surface area contributed by atoms with Crippen LogP contribution in [0.25, 0.3) is 0 Å². The van der Waals surface area contributed by atoms with Crippen molar-refractivity contribution in [2.75, 3.05) is 27.4 Å². The summed E-state index contributed by atoms with van der Waals surface area (Å²) in [7, 11) is -0.123. The largest absolute Gasteiger partial charge is 0.383 e. The molecule has 2 unspecified atom stereocenters. The number of hydrogen-bond donors (Lipinski definition) is 0. The van der Waals surface area contributed by atoms with E-state index in [9.17, 15) is 4.79 Å². The fourth-order valence-corrected chi connectivity index (χ4v) is 9.07. The fraction of sp³-hybridized carbons (Fsp3) is 0.706. The Bertz CT molecular complexity index is 483. The molecule has 1 aliphatic rings. The number of ketones is 1. The number of allylic oxidation sites excluding steroid dienone is 1. The predicted octanol–water partition coefficient (Wildman–Crippen LogP) is 3.92. The molecule has 0 heterocycles. The quantitative estimate of drug-likeness (QED) is 0.520. The van der Waals surface area contributed by atoms with E-state index in [-0.39, 0.29) is 5.54 Å². The van der Waals surface area contributed by atoms with Crippen molar-refractivity contribution in [2.24, 2.45) is 5.41 Å². The lowest BCUT2D eigenvalue weighted by Gasteiger charge is -2.40. The zero-order valence-electron chi connectivity index (χ0n) is 15.5. The van der Waals surface area contributed by atoms with Crippen LogP contribution in [0, 0.1) is 5.41 Å². The zero-order chi connectivity index (χ0) is 17.3. The number of methoxy groups -OCH3 is 2. The van der Waals surface area contributed by atoms with Crippen LogP contribution in [-0.4, -0.2) is 49.4 Å². The van der Waals surface area contributed by atoms with E-state index in [1.807, 2.05) is 6.08 Å². The van der Waals surface area contributed by atoms with Crippen molar-refractivity contribution in [1.82, 2.24) is 0 Å². The van der Waals surface area contributed by atoms with Gasteiger partial charge in [0, 0.05) is 25.2 Å². The Labute approximate surface area is 137 Å². The standard InChI is InChI=1S/C17H32O3Si2/c1-10-17(12-20-3)13(11-19-2)15(21(4,5)6)14(18)16(17)22(7,8)9/h10,16H,1,11-12H2,2-9H3. The average Bonchev–Trinajstić information content (AvgIpc) is 2.59. The summed E-state index contributed by atoms with van der Waals surface area (Å²) in [6.07, 6.45) is 1.96. The maximum Gasteiger partial charge on any atom is 0.156 e. The molecule has 3 nitrogen and oxygen atoms in total. The molecule has 0 radical (unpaired) electrons. The summed E-state index contributed by atoms with van der Waals surface area (Å²) in [5.74, 6) is 0.335. The molecule has 0 spiro atoms. The second-order valence-corrected chi connectivity index (χ2v) is 18.7. The monoisotopic (exact) mass is 340 g/mol. The van der Waals surface area contributed by atoms with E-state index in [4.69, 9.17) is 9.47 Å². The number of hydrogen-bond acceptors (Lipinski definition) is 3. The molecule has 22 heavy (non-hydrogen) atoms. The third-order valence-corrected chi connectivity index (χ3v) is 9.10. The van der Waals surface area contributed by atoms with E-state index >= 15 is 0 Å². The molecule has 0 N–H and O–H groups in total. The van der Waals surface area contributed by atoms with Crippen LogP contribution in [0.15, 0.2) is 23.4 Å². The molecular formula is C17H32O3Si2. The summed E-state index contributed by atoms with van der Waals surface area (Å²) in [6.45, 7) is 18.6. The first kappa shape index (κ1) is 19.6. The van der Waals surface area contributed by atoms with E-state index in [1.54, 1.807) is 14.2 Å². The van der Waals surface area contributed by atoms with Crippen molar-refractivity contribution < 1.29 is 14.3 Å². The Balaban J connectivity index is 3.70. The summed E-state index contributed by atoms with van der Waals surface area (Å²) in [5.41, 5.74) is 0.717. The number of Topliss-reactive ketones (excluding diaryl/α,β-unsaturated/α-hetero) is 1. The fourth-order valence-electron chi connectivity index (χ4n) is 3.98. The molecule has 0 amide bonds. The molecule has 5 heteroatoms. The maximum atomic E-state index is 13.4. The van der Waals surface area contributed by atoms with Crippen LogP contribution in [0.5, 0.6) is 0 Å². The smallest absolute Gasteiger partial charge is 0.156 e. The number of carbonyl (C=O) groups excluding carboxylic acids is 1. The molecule has 126 valence electrons. The molecule has 0 aliphatic heterocycles. The highest BCUT2D eigenvalue weighted by atomic mass is 28.3. The molecule has 1 rings (SSSR count). The lowest BCUT2D eigenvalue weighted by molar-refractivity contribution is -0.115. The van der Waals surface area contributed by atoms with Gasteiger partial charge < -0.3 is 9.47 Å². The minimum Gasteiger partial charge on any atom is -0.383 e. The normalized spacial score (nSPS) is 26.7. The first-order chi connectivity index (χ1) is 9.97. The minimum absolute atomic E-state index is 0.00988. The Hall–Kier alpha value is -0.496. The van der Waals surface area contributed by atoms with Crippen molar-refractivity contribution >= 4 is 21.9 Å². The topological polar surface area (TPSA) is 35.5 Å². The Morgan fingerprint density at radius 2 is 1.68 bits per heavy atom. The highest BCUT2D eigenvalue weighted by Gasteiger charge is 2.58. The Morgan fingerprint density at radius 1 is 1.14 bits per heavy atom. The summed E-state index contributed by atoms with van der Waals surface area (Å²) in [5, 5.41) is 1.05. The molecule has 0 aromatic heterocycles. The molecule has 0 saturated carbocycles. The SMILES string of the molecule is C=CC1(COC)C(COC)=C([Si](C)(C)C)C(=O)C1[Si](C)(C)C. The maximum absolute atomic E-state index is 13.4. The zero-order valence-corrected chi connectivity index (χ0v) is 17.5. The average molecular weight is 341 g/mol. The van der Waals surface area contributed by atoms with Gasteiger partial charge in [0.25, 0.3) is 0 Å². The van der Waals surface area contributed by atoms with Gasteiger partial charge in [-0.3, -0.25) is 4.79 Å². The van der Waals surface area contributed by atoms with Crippen LogP contribution in [0.4, 0.5) is 0 Å². The van der Waals surface area contributed by atoms with Gasteiger partial charge in [-0.15, -0.1) is 6.58 Å². The predicted molar refractivity (Wildman–Crippen MR) is 98.9 cm³/mol. The van der Waals surface area contributed by atoms with E-state index in [0.29, 0.717) is 19.0 Å². The lowest BCUT2D eigenvalue weighted by atomic mass is 9.81.